The molecule has 0 bridgehead atoms. The van der Waals surface area contributed by atoms with Crippen molar-refractivity contribution in [2.24, 2.45) is 5.92 Å². The number of aromatic amines is 1. The normalized spacial score (nSPS) is 22.4. The molecule has 2 aromatic rings. The minimum atomic E-state index is -0.290. The molecule has 0 radical (unpaired) electrons. The lowest BCUT2D eigenvalue weighted by molar-refractivity contribution is -0.132. The molecule has 1 atom stereocenters. The number of H-pyrrole nitrogens is 1. The number of pyridine rings is 1. The van der Waals surface area contributed by atoms with Crippen molar-refractivity contribution in [3.05, 3.63) is 47.5 Å². The van der Waals surface area contributed by atoms with E-state index >= 15 is 0 Å². The first kappa shape index (κ1) is 22.0. The Bertz CT molecular complexity index is 955. The van der Waals surface area contributed by atoms with Gasteiger partial charge in [0.2, 0.25) is 5.91 Å². The minimum absolute atomic E-state index is 0.0414. The highest BCUT2D eigenvalue weighted by Crippen LogP contribution is 2.39. The predicted molar refractivity (Wildman–Crippen MR) is 119 cm³/mol. The first-order chi connectivity index (χ1) is 16.2. The molecule has 3 fully saturated rings. The Morgan fingerprint density at radius 1 is 1.21 bits per heavy atom. The summed E-state index contributed by atoms with van der Waals surface area (Å²) < 4.78 is 11.7. The van der Waals surface area contributed by atoms with Crippen molar-refractivity contribution in [3.8, 4) is 0 Å². The fourth-order valence-corrected chi connectivity index (χ4v) is 4.57. The second kappa shape index (κ2) is 10.0. The second-order valence-corrected chi connectivity index (χ2v) is 9.32. The number of ether oxygens (including phenoxy) is 2. The van der Waals surface area contributed by atoms with E-state index in [0.717, 1.165) is 50.2 Å². The maximum absolute atomic E-state index is 13.3. The topological polar surface area (TPSA) is 101 Å². The molecule has 9 nitrogen and oxygen atoms in total. The summed E-state index contributed by atoms with van der Waals surface area (Å²) in [6, 6.07) is 5.67. The van der Waals surface area contributed by atoms with Crippen LogP contribution < -0.4 is 0 Å². The summed E-state index contributed by atoms with van der Waals surface area (Å²) in [7, 11) is 0. The standard InChI is InChI=1S/C24H31N5O4/c30-23-15-29(24(31)22-10-21(26-27-22)19-3-4-19)14-20(33-16-18-2-1-7-25-11-18)13-28(23)12-17-5-8-32-9-6-17/h1-2,7,10-11,17,19-20H,3-6,8-9,12-16H2,(H,26,27). The number of aromatic nitrogens is 3. The van der Waals surface area contributed by atoms with E-state index in [1.165, 1.54) is 0 Å². The maximum Gasteiger partial charge on any atom is 0.274 e. The van der Waals surface area contributed by atoms with Crippen LogP contribution in [0.25, 0.3) is 0 Å². The molecule has 1 unspecified atom stereocenters. The average Bonchev–Trinajstić information content (AvgIpc) is 3.60. The lowest BCUT2D eigenvalue weighted by atomic mass is 9.99. The van der Waals surface area contributed by atoms with Crippen molar-refractivity contribution >= 4 is 11.8 Å². The van der Waals surface area contributed by atoms with Crippen LogP contribution in [0.2, 0.25) is 0 Å². The lowest BCUT2D eigenvalue weighted by Gasteiger charge is -2.30. The Balaban J connectivity index is 1.30. The van der Waals surface area contributed by atoms with Gasteiger partial charge in [0.25, 0.3) is 5.91 Å². The van der Waals surface area contributed by atoms with E-state index in [2.05, 4.69) is 15.2 Å². The van der Waals surface area contributed by atoms with Crippen LogP contribution in [-0.2, 0) is 20.9 Å². The van der Waals surface area contributed by atoms with Gasteiger partial charge in [-0.1, -0.05) is 6.07 Å². The number of hydrogen-bond acceptors (Lipinski definition) is 6. The zero-order valence-electron chi connectivity index (χ0n) is 18.8. The van der Waals surface area contributed by atoms with Crippen molar-refractivity contribution < 1.29 is 19.1 Å². The Morgan fingerprint density at radius 3 is 2.82 bits per heavy atom. The van der Waals surface area contributed by atoms with Gasteiger partial charge in [-0.25, -0.2) is 0 Å². The van der Waals surface area contributed by atoms with Gasteiger partial charge in [-0.15, -0.1) is 0 Å². The molecule has 2 amide bonds. The van der Waals surface area contributed by atoms with E-state index in [1.807, 2.05) is 23.1 Å². The molecule has 3 aliphatic rings. The highest BCUT2D eigenvalue weighted by atomic mass is 16.5. The number of carbonyl (C=O) groups excluding carboxylic acids is 2. The fourth-order valence-electron chi connectivity index (χ4n) is 4.57. The molecule has 2 saturated heterocycles. The van der Waals surface area contributed by atoms with Crippen molar-refractivity contribution in [2.75, 3.05) is 39.4 Å². The van der Waals surface area contributed by atoms with E-state index in [-0.39, 0.29) is 24.5 Å². The molecule has 1 saturated carbocycles. The van der Waals surface area contributed by atoms with Gasteiger partial charge in [0.05, 0.1) is 12.7 Å². The molecule has 5 rings (SSSR count). The number of nitrogens with zero attached hydrogens (tertiary/aromatic N) is 4. The number of rotatable bonds is 7. The van der Waals surface area contributed by atoms with Crippen molar-refractivity contribution in [3.63, 3.8) is 0 Å². The van der Waals surface area contributed by atoms with Gasteiger partial charge in [0.15, 0.2) is 0 Å². The summed E-state index contributed by atoms with van der Waals surface area (Å²) in [5, 5.41) is 7.23. The summed E-state index contributed by atoms with van der Waals surface area (Å²) in [5.74, 6) is 0.626. The minimum Gasteiger partial charge on any atom is -0.381 e. The average molecular weight is 454 g/mol. The highest BCUT2D eigenvalue weighted by Gasteiger charge is 2.34. The Hall–Kier alpha value is -2.78. The Labute approximate surface area is 193 Å². The highest BCUT2D eigenvalue weighted by molar-refractivity contribution is 5.95. The third kappa shape index (κ3) is 5.59. The van der Waals surface area contributed by atoms with E-state index in [0.29, 0.717) is 43.8 Å². The van der Waals surface area contributed by atoms with Gasteiger partial charge < -0.3 is 19.3 Å². The van der Waals surface area contributed by atoms with E-state index in [1.54, 1.807) is 17.3 Å². The summed E-state index contributed by atoms with van der Waals surface area (Å²) in [6.07, 6.45) is 7.36. The van der Waals surface area contributed by atoms with Gasteiger partial charge >= 0.3 is 0 Å². The van der Waals surface area contributed by atoms with Crippen LogP contribution in [0.5, 0.6) is 0 Å². The molecule has 176 valence electrons. The summed E-state index contributed by atoms with van der Waals surface area (Å²) in [5.41, 5.74) is 2.34. The zero-order chi connectivity index (χ0) is 22.6. The van der Waals surface area contributed by atoms with Crippen LogP contribution >= 0.6 is 0 Å². The quantitative estimate of drug-likeness (QED) is 0.688. The summed E-state index contributed by atoms with van der Waals surface area (Å²) in [4.78, 5) is 34.1. The van der Waals surface area contributed by atoms with E-state index in [9.17, 15) is 9.59 Å². The van der Waals surface area contributed by atoms with Crippen LogP contribution in [0.1, 0.15) is 53.3 Å². The lowest BCUT2D eigenvalue weighted by Crippen LogP contribution is -2.42. The second-order valence-electron chi connectivity index (χ2n) is 9.32. The van der Waals surface area contributed by atoms with Crippen LogP contribution in [0, 0.1) is 5.92 Å². The monoisotopic (exact) mass is 453 g/mol. The van der Waals surface area contributed by atoms with Crippen molar-refractivity contribution in [1.82, 2.24) is 25.0 Å². The predicted octanol–water partition coefficient (Wildman–Crippen LogP) is 1.98. The smallest absolute Gasteiger partial charge is 0.274 e. The van der Waals surface area contributed by atoms with Gasteiger partial charge in [0, 0.05) is 56.9 Å². The van der Waals surface area contributed by atoms with Gasteiger partial charge in [-0.05, 0) is 49.3 Å². The van der Waals surface area contributed by atoms with Crippen molar-refractivity contribution in [1.29, 1.82) is 0 Å². The van der Waals surface area contributed by atoms with Gasteiger partial charge in [-0.3, -0.25) is 19.7 Å². The first-order valence-electron chi connectivity index (χ1n) is 11.9. The third-order valence-corrected chi connectivity index (χ3v) is 6.68. The summed E-state index contributed by atoms with van der Waals surface area (Å²) in [6.45, 7) is 3.38. The first-order valence-corrected chi connectivity index (χ1v) is 11.9. The third-order valence-electron chi connectivity index (χ3n) is 6.68. The van der Waals surface area contributed by atoms with Crippen LogP contribution in [-0.4, -0.2) is 82.3 Å². The SMILES string of the molecule is O=C1CN(C(=O)c2cc(C3CC3)[nH]n2)CC(OCc2cccnc2)CN1CC1CCOCC1. The molecular formula is C24H31N5O4. The molecule has 9 heteroatoms. The van der Waals surface area contributed by atoms with Crippen LogP contribution in [0.15, 0.2) is 30.6 Å². The Kier molecular flexibility index (Phi) is 6.68. The number of amides is 2. The van der Waals surface area contributed by atoms with Crippen molar-refractivity contribution in [2.45, 2.75) is 44.3 Å². The molecular weight excluding hydrogens is 422 g/mol. The fraction of sp³-hybridized carbons (Fsp3) is 0.583. The Morgan fingerprint density at radius 2 is 2.06 bits per heavy atom. The molecule has 1 aliphatic carbocycles. The van der Waals surface area contributed by atoms with Crippen LogP contribution in [0.3, 0.4) is 0 Å². The molecule has 1 N–H and O–H groups in total. The van der Waals surface area contributed by atoms with E-state index in [4.69, 9.17) is 9.47 Å². The summed E-state index contributed by atoms with van der Waals surface area (Å²) >= 11 is 0. The molecule has 0 aromatic carbocycles. The molecule has 33 heavy (non-hydrogen) atoms. The molecule has 2 aliphatic heterocycles. The number of carbonyl (C=O) groups is 2. The molecule has 2 aromatic heterocycles. The molecule has 0 spiro atoms. The number of nitrogens with one attached hydrogen (secondary N) is 1. The van der Waals surface area contributed by atoms with Crippen LogP contribution in [0.4, 0.5) is 0 Å². The largest absolute Gasteiger partial charge is 0.381 e. The molecule has 4 heterocycles. The van der Waals surface area contributed by atoms with Gasteiger partial charge in [0.1, 0.15) is 12.2 Å². The number of hydrogen-bond donors (Lipinski definition) is 1. The van der Waals surface area contributed by atoms with Gasteiger partial charge in [-0.2, -0.15) is 5.10 Å². The zero-order valence-corrected chi connectivity index (χ0v) is 18.8. The maximum atomic E-state index is 13.3. The van der Waals surface area contributed by atoms with E-state index < -0.39 is 0 Å².